The van der Waals surface area contributed by atoms with Crippen molar-refractivity contribution in [1.29, 1.82) is 0 Å². The van der Waals surface area contributed by atoms with Gasteiger partial charge in [0.1, 0.15) is 15.7 Å². The van der Waals surface area contributed by atoms with Crippen molar-refractivity contribution in [2.45, 2.75) is 6.04 Å². The Morgan fingerprint density at radius 1 is 1.53 bits per heavy atom. The van der Waals surface area contributed by atoms with E-state index in [0.717, 1.165) is 6.26 Å². The van der Waals surface area contributed by atoms with E-state index in [9.17, 15) is 12.8 Å². The molecule has 0 saturated carbocycles. The summed E-state index contributed by atoms with van der Waals surface area (Å²) >= 11 is 0. The Hall–Kier alpha value is -0.980. The molecule has 3 N–H and O–H groups in total. The van der Waals surface area contributed by atoms with Crippen molar-refractivity contribution in [2.75, 3.05) is 12.0 Å². The number of nitrogens with one attached hydrogen (secondary N) is 1. The van der Waals surface area contributed by atoms with Gasteiger partial charge in [0, 0.05) is 6.26 Å². The van der Waals surface area contributed by atoms with Gasteiger partial charge in [0.15, 0.2) is 0 Å². The van der Waals surface area contributed by atoms with E-state index >= 15 is 0 Å². The van der Waals surface area contributed by atoms with Crippen molar-refractivity contribution in [1.82, 2.24) is 5.43 Å². The van der Waals surface area contributed by atoms with Gasteiger partial charge >= 0.3 is 0 Å². The van der Waals surface area contributed by atoms with Crippen LogP contribution in [0.15, 0.2) is 24.3 Å². The largest absolute Gasteiger partial charge is 0.271 e. The fourth-order valence-electron chi connectivity index (χ4n) is 1.27. The van der Waals surface area contributed by atoms with Gasteiger partial charge in [-0.25, -0.2) is 12.8 Å². The van der Waals surface area contributed by atoms with E-state index in [1.165, 1.54) is 18.2 Å². The highest BCUT2D eigenvalue weighted by atomic mass is 32.2. The van der Waals surface area contributed by atoms with E-state index in [1.807, 2.05) is 0 Å². The third kappa shape index (κ3) is 3.94. The molecule has 0 bridgehead atoms. The maximum Gasteiger partial charge on any atom is 0.149 e. The molecule has 0 saturated heterocycles. The Bertz CT molecular complexity index is 433. The molecule has 1 rings (SSSR count). The molecule has 1 aromatic carbocycles. The molecule has 0 spiro atoms. The van der Waals surface area contributed by atoms with E-state index in [0.29, 0.717) is 5.56 Å². The van der Waals surface area contributed by atoms with Crippen LogP contribution in [0.4, 0.5) is 4.39 Å². The summed E-state index contributed by atoms with van der Waals surface area (Å²) in [6, 6.07) is 5.10. The van der Waals surface area contributed by atoms with Crippen LogP contribution in [0, 0.1) is 5.82 Å². The topological polar surface area (TPSA) is 72.2 Å². The first-order valence-corrected chi connectivity index (χ1v) is 6.38. The Kier molecular flexibility index (Phi) is 3.78. The summed E-state index contributed by atoms with van der Waals surface area (Å²) in [7, 11) is -3.16. The molecular formula is C9H13FN2O2S. The average Bonchev–Trinajstić information content (AvgIpc) is 2.13. The molecule has 1 aromatic rings. The van der Waals surface area contributed by atoms with Crippen LogP contribution < -0.4 is 11.3 Å². The smallest absolute Gasteiger partial charge is 0.149 e. The van der Waals surface area contributed by atoms with E-state index in [-0.39, 0.29) is 5.75 Å². The van der Waals surface area contributed by atoms with Gasteiger partial charge in [0.2, 0.25) is 0 Å². The lowest BCUT2D eigenvalue weighted by Crippen LogP contribution is -2.33. The summed E-state index contributed by atoms with van der Waals surface area (Å²) in [6.07, 6.45) is 1.11. The lowest BCUT2D eigenvalue weighted by atomic mass is 10.1. The first-order valence-electron chi connectivity index (χ1n) is 4.31. The zero-order chi connectivity index (χ0) is 11.5. The maximum atomic E-state index is 12.9. The highest BCUT2D eigenvalue weighted by Gasteiger charge is 2.16. The molecule has 0 aromatic heterocycles. The second kappa shape index (κ2) is 4.69. The van der Waals surface area contributed by atoms with Crippen LogP contribution in [0.25, 0.3) is 0 Å². The summed E-state index contributed by atoms with van der Waals surface area (Å²) < 4.78 is 35.0. The monoisotopic (exact) mass is 232 g/mol. The zero-order valence-corrected chi connectivity index (χ0v) is 9.09. The van der Waals surface area contributed by atoms with Crippen LogP contribution in [-0.4, -0.2) is 20.4 Å². The normalized spacial score (nSPS) is 13.8. The summed E-state index contributed by atoms with van der Waals surface area (Å²) in [4.78, 5) is 0. The minimum Gasteiger partial charge on any atom is -0.271 e. The molecule has 84 valence electrons. The Balaban J connectivity index is 2.93. The van der Waals surface area contributed by atoms with Crippen molar-refractivity contribution in [3.63, 3.8) is 0 Å². The number of nitrogens with two attached hydrogens (primary N) is 1. The van der Waals surface area contributed by atoms with Crippen LogP contribution >= 0.6 is 0 Å². The molecule has 0 radical (unpaired) electrons. The van der Waals surface area contributed by atoms with Gasteiger partial charge in [-0.3, -0.25) is 11.3 Å². The number of hydrogen-bond donors (Lipinski definition) is 2. The highest BCUT2D eigenvalue weighted by molar-refractivity contribution is 7.90. The second-order valence-corrected chi connectivity index (χ2v) is 5.55. The third-order valence-corrected chi connectivity index (χ3v) is 2.86. The number of benzene rings is 1. The molecule has 4 nitrogen and oxygen atoms in total. The predicted molar refractivity (Wildman–Crippen MR) is 56.2 cm³/mol. The Labute approximate surface area is 88.2 Å². The summed E-state index contributed by atoms with van der Waals surface area (Å²) in [5.41, 5.74) is 2.87. The van der Waals surface area contributed by atoms with Crippen LogP contribution in [0.3, 0.4) is 0 Å². The molecule has 0 aliphatic rings. The van der Waals surface area contributed by atoms with E-state index in [1.54, 1.807) is 6.07 Å². The molecular weight excluding hydrogens is 219 g/mol. The number of halogens is 1. The number of rotatable bonds is 4. The quantitative estimate of drug-likeness (QED) is 0.581. The molecule has 0 amide bonds. The van der Waals surface area contributed by atoms with Gasteiger partial charge < -0.3 is 0 Å². The molecule has 0 heterocycles. The molecule has 1 atom stereocenters. The van der Waals surface area contributed by atoms with Crippen molar-refractivity contribution < 1.29 is 12.8 Å². The fraction of sp³-hybridized carbons (Fsp3) is 0.333. The van der Waals surface area contributed by atoms with Gasteiger partial charge in [-0.05, 0) is 17.7 Å². The lowest BCUT2D eigenvalue weighted by molar-refractivity contribution is 0.559. The molecule has 1 unspecified atom stereocenters. The first kappa shape index (κ1) is 12.1. The zero-order valence-electron chi connectivity index (χ0n) is 8.27. The van der Waals surface area contributed by atoms with Crippen molar-refractivity contribution in [2.24, 2.45) is 5.84 Å². The summed E-state index contributed by atoms with van der Waals surface area (Å²) in [5.74, 6) is 4.65. The van der Waals surface area contributed by atoms with Crippen LogP contribution in [0.2, 0.25) is 0 Å². The SMILES string of the molecule is CS(=O)(=O)CC(NN)c1cccc(F)c1. The van der Waals surface area contributed by atoms with Crippen LogP contribution in [0.1, 0.15) is 11.6 Å². The highest BCUT2D eigenvalue weighted by Crippen LogP contribution is 2.14. The predicted octanol–water partition coefficient (Wildman–Crippen LogP) is 0.375. The number of hydrogen-bond acceptors (Lipinski definition) is 4. The maximum absolute atomic E-state index is 12.9. The molecule has 0 aliphatic heterocycles. The minimum absolute atomic E-state index is 0.160. The van der Waals surface area contributed by atoms with Gasteiger partial charge in [-0.15, -0.1) is 0 Å². The van der Waals surface area contributed by atoms with Crippen molar-refractivity contribution in [3.05, 3.63) is 35.6 Å². The molecule has 0 aliphatic carbocycles. The van der Waals surface area contributed by atoms with Gasteiger partial charge in [0.05, 0.1) is 11.8 Å². The van der Waals surface area contributed by atoms with E-state index in [4.69, 9.17) is 5.84 Å². The summed E-state index contributed by atoms with van der Waals surface area (Å²) in [6.45, 7) is 0. The second-order valence-electron chi connectivity index (χ2n) is 3.37. The van der Waals surface area contributed by atoms with E-state index < -0.39 is 21.7 Å². The number of sulfone groups is 1. The minimum atomic E-state index is -3.16. The average molecular weight is 232 g/mol. The molecule has 15 heavy (non-hydrogen) atoms. The van der Waals surface area contributed by atoms with E-state index in [2.05, 4.69) is 5.43 Å². The standard InChI is InChI=1S/C9H13FN2O2S/c1-15(13,14)6-9(12-11)7-3-2-4-8(10)5-7/h2-5,9,12H,6,11H2,1H3. The van der Waals surface area contributed by atoms with Gasteiger partial charge in [-0.1, -0.05) is 12.1 Å². The first-order chi connectivity index (χ1) is 6.92. The molecule has 6 heteroatoms. The number of hydrazine groups is 1. The van der Waals surface area contributed by atoms with Crippen LogP contribution in [0.5, 0.6) is 0 Å². The fourth-order valence-corrected chi connectivity index (χ4v) is 2.16. The molecule has 0 fully saturated rings. The Morgan fingerprint density at radius 3 is 2.67 bits per heavy atom. The van der Waals surface area contributed by atoms with Crippen LogP contribution in [-0.2, 0) is 9.84 Å². The van der Waals surface area contributed by atoms with Crippen molar-refractivity contribution >= 4 is 9.84 Å². The Morgan fingerprint density at radius 2 is 2.20 bits per heavy atom. The van der Waals surface area contributed by atoms with Gasteiger partial charge in [0.25, 0.3) is 0 Å². The van der Waals surface area contributed by atoms with Gasteiger partial charge in [-0.2, -0.15) is 0 Å². The third-order valence-electron chi connectivity index (χ3n) is 1.92. The lowest BCUT2D eigenvalue weighted by Gasteiger charge is -2.14. The summed E-state index contributed by atoms with van der Waals surface area (Å²) in [5, 5.41) is 0. The van der Waals surface area contributed by atoms with Crippen molar-refractivity contribution in [3.8, 4) is 0 Å².